The summed E-state index contributed by atoms with van der Waals surface area (Å²) in [5, 5.41) is 14.6. The lowest BCUT2D eigenvalue weighted by atomic mass is 9.79. The SMILES string of the molecule is COc1ccc([C@H]2CC[C@H](CN(c3cc(-c4cnn(C5CC5)c4)ccn3)C(=O)[C@H]3CC[C@H](O)CC3)CC2)nc1C. The first kappa shape index (κ1) is 26.9. The standard InChI is InChI=1S/C32H41N5O3/c1-21-30(40-2)14-13-29(35-21)23-5-3-22(4-6-23)19-36(32(39)24-7-11-28(38)12-8-24)31-17-25(15-16-33-31)26-18-34-37(20-26)27-9-10-27/h13-18,20,22-24,27-28,38H,3-12,19H2,1-2H3/t22-,23-,24-,28-. The Morgan fingerprint density at radius 2 is 1.80 bits per heavy atom. The fourth-order valence-electron chi connectivity index (χ4n) is 6.52. The lowest BCUT2D eigenvalue weighted by molar-refractivity contribution is -0.124. The molecule has 8 nitrogen and oxygen atoms in total. The number of methoxy groups -OCH3 is 1. The van der Waals surface area contributed by atoms with Crippen molar-refractivity contribution >= 4 is 11.7 Å². The molecule has 3 heterocycles. The molecule has 212 valence electrons. The molecule has 3 aromatic heterocycles. The first-order chi connectivity index (χ1) is 19.5. The Bertz CT molecular complexity index is 1320. The molecule has 1 N–H and O–H groups in total. The maximum atomic E-state index is 14.0. The number of pyridine rings is 2. The topological polar surface area (TPSA) is 93.4 Å². The van der Waals surface area contributed by atoms with Gasteiger partial charge in [0.25, 0.3) is 0 Å². The number of hydrogen-bond acceptors (Lipinski definition) is 6. The highest BCUT2D eigenvalue weighted by Crippen LogP contribution is 2.38. The number of amides is 1. The molecule has 0 bridgehead atoms. The van der Waals surface area contributed by atoms with Crippen molar-refractivity contribution < 1.29 is 14.6 Å². The third kappa shape index (κ3) is 5.92. The van der Waals surface area contributed by atoms with E-state index in [2.05, 4.69) is 28.1 Å². The van der Waals surface area contributed by atoms with Gasteiger partial charge in [-0.05, 0) is 107 Å². The van der Waals surface area contributed by atoms with E-state index in [4.69, 9.17) is 14.7 Å². The largest absolute Gasteiger partial charge is 0.495 e. The van der Waals surface area contributed by atoms with E-state index in [-0.39, 0.29) is 17.9 Å². The van der Waals surface area contributed by atoms with Crippen LogP contribution in [0.5, 0.6) is 5.75 Å². The number of carbonyl (C=O) groups excluding carboxylic acids is 1. The summed E-state index contributed by atoms with van der Waals surface area (Å²) in [6.45, 7) is 2.68. The number of anilines is 1. The summed E-state index contributed by atoms with van der Waals surface area (Å²) in [4.78, 5) is 25.5. The molecule has 3 aliphatic rings. The van der Waals surface area contributed by atoms with Crippen molar-refractivity contribution in [2.45, 2.75) is 89.2 Å². The first-order valence-electron chi connectivity index (χ1n) is 15.0. The van der Waals surface area contributed by atoms with Crippen molar-refractivity contribution in [1.82, 2.24) is 19.7 Å². The highest BCUT2D eigenvalue weighted by Gasteiger charge is 2.33. The molecule has 0 saturated heterocycles. The zero-order chi connectivity index (χ0) is 27.6. The number of aromatic nitrogens is 4. The van der Waals surface area contributed by atoms with Gasteiger partial charge in [-0.25, -0.2) is 4.98 Å². The molecule has 6 rings (SSSR count). The Balaban J connectivity index is 1.19. The number of ether oxygens (including phenoxy) is 1. The van der Waals surface area contributed by atoms with Gasteiger partial charge in [0.05, 0.1) is 31.1 Å². The Morgan fingerprint density at radius 1 is 1.02 bits per heavy atom. The maximum absolute atomic E-state index is 14.0. The Hall–Kier alpha value is -3.26. The van der Waals surface area contributed by atoms with Gasteiger partial charge >= 0.3 is 0 Å². The number of aliphatic hydroxyl groups excluding tert-OH is 1. The molecule has 1 amide bonds. The lowest BCUT2D eigenvalue weighted by Gasteiger charge is -2.35. The van der Waals surface area contributed by atoms with Gasteiger partial charge in [-0.1, -0.05) is 0 Å². The van der Waals surface area contributed by atoms with Crippen LogP contribution in [0.15, 0.2) is 42.9 Å². The second-order valence-electron chi connectivity index (χ2n) is 12.0. The van der Waals surface area contributed by atoms with Crippen LogP contribution in [0.2, 0.25) is 0 Å². The fraction of sp³-hybridized carbons (Fsp3) is 0.562. The Labute approximate surface area is 236 Å². The molecule has 0 aliphatic heterocycles. The molecule has 8 heteroatoms. The van der Waals surface area contributed by atoms with Crippen molar-refractivity contribution in [1.29, 1.82) is 0 Å². The molecule has 3 aliphatic carbocycles. The van der Waals surface area contributed by atoms with Gasteiger partial charge in [-0.2, -0.15) is 5.10 Å². The zero-order valence-corrected chi connectivity index (χ0v) is 23.7. The minimum Gasteiger partial charge on any atom is -0.495 e. The van der Waals surface area contributed by atoms with Gasteiger partial charge in [0.15, 0.2) is 0 Å². The van der Waals surface area contributed by atoms with Crippen LogP contribution < -0.4 is 9.64 Å². The second kappa shape index (κ2) is 11.7. The molecule has 3 saturated carbocycles. The summed E-state index contributed by atoms with van der Waals surface area (Å²) < 4.78 is 7.45. The second-order valence-corrected chi connectivity index (χ2v) is 12.0. The monoisotopic (exact) mass is 543 g/mol. The third-order valence-electron chi connectivity index (χ3n) is 9.17. The predicted molar refractivity (Wildman–Crippen MR) is 154 cm³/mol. The van der Waals surface area contributed by atoms with Crippen molar-refractivity contribution in [2.24, 2.45) is 11.8 Å². The number of aliphatic hydroxyl groups is 1. The summed E-state index contributed by atoms with van der Waals surface area (Å²) in [5.41, 5.74) is 4.18. The lowest BCUT2D eigenvalue weighted by Crippen LogP contribution is -2.42. The number of aryl methyl sites for hydroxylation is 1. The van der Waals surface area contributed by atoms with Gasteiger partial charge < -0.3 is 9.84 Å². The highest BCUT2D eigenvalue weighted by atomic mass is 16.5. The first-order valence-corrected chi connectivity index (χ1v) is 15.0. The minimum atomic E-state index is -0.285. The van der Waals surface area contributed by atoms with Crippen LogP contribution in [0.4, 0.5) is 5.82 Å². The summed E-state index contributed by atoms with van der Waals surface area (Å²) in [6.07, 6.45) is 15.0. The van der Waals surface area contributed by atoms with Crippen molar-refractivity contribution in [3.8, 4) is 16.9 Å². The van der Waals surface area contributed by atoms with Crippen LogP contribution in [-0.4, -0.2) is 50.5 Å². The average Bonchev–Trinajstić information content (AvgIpc) is 3.72. The van der Waals surface area contributed by atoms with Gasteiger partial charge in [0.2, 0.25) is 5.91 Å². The van der Waals surface area contributed by atoms with E-state index >= 15 is 0 Å². The number of carbonyl (C=O) groups is 1. The quantitative estimate of drug-likeness (QED) is 0.383. The number of hydrogen-bond donors (Lipinski definition) is 1. The van der Waals surface area contributed by atoms with E-state index in [0.29, 0.717) is 37.3 Å². The van der Waals surface area contributed by atoms with Crippen LogP contribution in [0.1, 0.15) is 87.6 Å². The Morgan fingerprint density at radius 3 is 2.50 bits per heavy atom. The summed E-state index contributed by atoms with van der Waals surface area (Å²) in [7, 11) is 1.68. The van der Waals surface area contributed by atoms with Crippen molar-refractivity contribution in [3.63, 3.8) is 0 Å². The van der Waals surface area contributed by atoms with Crippen molar-refractivity contribution in [2.75, 3.05) is 18.6 Å². The van der Waals surface area contributed by atoms with E-state index in [1.54, 1.807) is 7.11 Å². The maximum Gasteiger partial charge on any atom is 0.231 e. The van der Waals surface area contributed by atoms with Crippen molar-refractivity contribution in [3.05, 3.63) is 54.2 Å². The van der Waals surface area contributed by atoms with E-state index in [1.165, 1.54) is 12.8 Å². The molecule has 0 radical (unpaired) electrons. The van der Waals surface area contributed by atoms with Gasteiger partial charge in [0.1, 0.15) is 11.6 Å². The molecule has 0 aromatic carbocycles. The van der Waals surface area contributed by atoms with E-state index in [0.717, 1.165) is 72.6 Å². The molecule has 3 aromatic rings. The Kier molecular flexibility index (Phi) is 7.87. The molecule has 0 spiro atoms. The van der Waals surface area contributed by atoms with E-state index < -0.39 is 0 Å². The number of nitrogens with zero attached hydrogens (tertiary/aromatic N) is 5. The highest BCUT2D eigenvalue weighted by molar-refractivity contribution is 5.94. The van der Waals surface area contributed by atoms with Gasteiger partial charge in [-0.3, -0.25) is 19.4 Å². The average molecular weight is 544 g/mol. The van der Waals surface area contributed by atoms with E-state index in [9.17, 15) is 9.90 Å². The predicted octanol–water partition coefficient (Wildman–Crippen LogP) is 5.85. The zero-order valence-electron chi connectivity index (χ0n) is 23.7. The summed E-state index contributed by atoms with van der Waals surface area (Å²) >= 11 is 0. The fourth-order valence-corrected chi connectivity index (χ4v) is 6.52. The van der Waals surface area contributed by atoms with Crippen LogP contribution in [-0.2, 0) is 4.79 Å². The molecule has 40 heavy (non-hydrogen) atoms. The third-order valence-corrected chi connectivity index (χ3v) is 9.17. The molecule has 3 fully saturated rings. The molecule has 0 atom stereocenters. The molecule has 0 unspecified atom stereocenters. The van der Waals surface area contributed by atoms with Crippen LogP contribution >= 0.6 is 0 Å². The summed E-state index contributed by atoms with van der Waals surface area (Å²) in [6, 6.07) is 8.72. The number of rotatable bonds is 8. The van der Waals surface area contributed by atoms with Crippen LogP contribution in [0.25, 0.3) is 11.1 Å². The smallest absolute Gasteiger partial charge is 0.231 e. The molecular weight excluding hydrogens is 502 g/mol. The minimum absolute atomic E-state index is 0.0608. The van der Waals surface area contributed by atoms with Gasteiger partial charge in [-0.15, -0.1) is 0 Å². The van der Waals surface area contributed by atoms with Crippen LogP contribution in [0, 0.1) is 18.8 Å². The van der Waals surface area contributed by atoms with E-state index in [1.807, 2.05) is 36.4 Å². The van der Waals surface area contributed by atoms with Crippen LogP contribution in [0.3, 0.4) is 0 Å². The summed E-state index contributed by atoms with van der Waals surface area (Å²) in [5.74, 6) is 2.50. The molecular formula is C32H41N5O3. The van der Waals surface area contributed by atoms with Gasteiger partial charge in [0, 0.05) is 42.0 Å². The normalized spacial score (nSPS) is 25.0.